The number of nitrogens with zero attached hydrogens (tertiary/aromatic N) is 1. The predicted octanol–water partition coefficient (Wildman–Crippen LogP) is 3.29. The van der Waals surface area contributed by atoms with Crippen LogP contribution in [-0.2, 0) is 0 Å². The summed E-state index contributed by atoms with van der Waals surface area (Å²) in [4.78, 5) is 2.31. The highest BCUT2D eigenvalue weighted by Gasteiger charge is 2.36. The van der Waals surface area contributed by atoms with Gasteiger partial charge < -0.3 is 15.4 Å². The van der Waals surface area contributed by atoms with E-state index in [9.17, 15) is 0 Å². The molecule has 0 amide bonds. The fourth-order valence-corrected chi connectivity index (χ4v) is 3.30. The van der Waals surface area contributed by atoms with E-state index < -0.39 is 0 Å². The summed E-state index contributed by atoms with van der Waals surface area (Å²) in [6, 6.07) is 8.53. The van der Waals surface area contributed by atoms with E-state index in [1.807, 2.05) is 12.1 Å². The van der Waals surface area contributed by atoms with Gasteiger partial charge in [-0.3, -0.25) is 0 Å². The molecule has 1 aliphatic carbocycles. The Morgan fingerprint density at radius 2 is 1.95 bits per heavy atom. The van der Waals surface area contributed by atoms with Gasteiger partial charge in [0.15, 0.2) is 0 Å². The number of ether oxygens (including phenoxy) is 1. The first-order valence-corrected chi connectivity index (χ1v) is 7.55. The second-order valence-corrected chi connectivity index (χ2v) is 6.75. The smallest absolute Gasteiger partial charge is 0.119 e. The van der Waals surface area contributed by atoms with Gasteiger partial charge in [0.25, 0.3) is 0 Å². The maximum atomic E-state index is 6.48. The van der Waals surface area contributed by atoms with E-state index in [2.05, 4.69) is 37.9 Å². The summed E-state index contributed by atoms with van der Waals surface area (Å²) in [6.45, 7) is 5.63. The van der Waals surface area contributed by atoms with Crippen LogP contribution >= 0.6 is 0 Å². The Kier molecular flexibility index (Phi) is 4.59. The molecule has 1 fully saturated rings. The molecule has 0 heterocycles. The van der Waals surface area contributed by atoms with E-state index in [1.54, 1.807) is 7.11 Å². The van der Waals surface area contributed by atoms with Gasteiger partial charge >= 0.3 is 0 Å². The van der Waals surface area contributed by atoms with E-state index in [-0.39, 0.29) is 11.5 Å². The zero-order valence-electron chi connectivity index (χ0n) is 13.2. The van der Waals surface area contributed by atoms with Crippen LogP contribution in [0.1, 0.15) is 33.1 Å². The quantitative estimate of drug-likeness (QED) is 0.917. The normalized spacial score (nSPS) is 25.2. The van der Waals surface area contributed by atoms with E-state index in [1.165, 1.54) is 24.9 Å². The highest BCUT2D eigenvalue weighted by molar-refractivity contribution is 5.48. The number of methoxy groups -OCH3 is 1. The average molecular weight is 276 g/mol. The Morgan fingerprint density at radius 1 is 1.30 bits per heavy atom. The van der Waals surface area contributed by atoms with Gasteiger partial charge in [-0.15, -0.1) is 0 Å². The molecule has 0 aliphatic heterocycles. The third kappa shape index (κ3) is 3.26. The summed E-state index contributed by atoms with van der Waals surface area (Å²) in [5, 5.41) is 0. The highest BCUT2D eigenvalue weighted by Crippen LogP contribution is 2.38. The number of rotatable bonds is 4. The molecule has 1 aromatic carbocycles. The van der Waals surface area contributed by atoms with Crippen molar-refractivity contribution in [3.05, 3.63) is 24.3 Å². The molecule has 1 aliphatic rings. The third-order valence-corrected chi connectivity index (χ3v) is 4.83. The number of hydrogen-bond acceptors (Lipinski definition) is 3. The zero-order valence-corrected chi connectivity index (χ0v) is 13.2. The minimum atomic E-state index is 0.268. The van der Waals surface area contributed by atoms with Crippen molar-refractivity contribution in [2.24, 2.45) is 17.1 Å². The lowest BCUT2D eigenvalue weighted by Gasteiger charge is -2.43. The SMILES string of the molecule is COc1ccc(N(C)CC2CCCC(C)(C)C2N)cc1. The van der Waals surface area contributed by atoms with Crippen LogP contribution < -0.4 is 15.4 Å². The molecule has 0 spiro atoms. The molecule has 20 heavy (non-hydrogen) atoms. The van der Waals surface area contributed by atoms with Gasteiger partial charge in [0, 0.05) is 25.3 Å². The van der Waals surface area contributed by atoms with Crippen LogP contribution in [0.4, 0.5) is 5.69 Å². The molecule has 0 radical (unpaired) electrons. The molecular weight excluding hydrogens is 248 g/mol. The van der Waals surface area contributed by atoms with Crippen molar-refractivity contribution in [2.45, 2.75) is 39.2 Å². The molecule has 1 aromatic rings. The van der Waals surface area contributed by atoms with Gasteiger partial charge in [-0.1, -0.05) is 20.3 Å². The minimum absolute atomic E-state index is 0.268. The Balaban J connectivity index is 2.01. The monoisotopic (exact) mass is 276 g/mol. The van der Waals surface area contributed by atoms with Crippen LogP contribution in [0.25, 0.3) is 0 Å². The molecule has 112 valence electrons. The Bertz CT molecular complexity index is 427. The number of benzene rings is 1. The topological polar surface area (TPSA) is 38.5 Å². The van der Waals surface area contributed by atoms with Gasteiger partial charge in [-0.05, 0) is 48.4 Å². The van der Waals surface area contributed by atoms with Crippen molar-refractivity contribution >= 4 is 5.69 Å². The number of anilines is 1. The Labute approximate surface area is 123 Å². The summed E-state index contributed by atoms with van der Waals surface area (Å²) in [6.07, 6.45) is 3.78. The molecule has 2 unspecified atom stereocenters. The van der Waals surface area contributed by atoms with Crippen molar-refractivity contribution in [3.8, 4) is 5.75 Å². The zero-order chi connectivity index (χ0) is 14.8. The molecule has 2 rings (SSSR count). The van der Waals surface area contributed by atoms with Crippen molar-refractivity contribution in [3.63, 3.8) is 0 Å². The first-order valence-electron chi connectivity index (χ1n) is 7.55. The average Bonchev–Trinajstić information content (AvgIpc) is 2.44. The van der Waals surface area contributed by atoms with Crippen LogP contribution in [0.2, 0.25) is 0 Å². The lowest BCUT2D eigenvalue weighted by atomic mass is 9.68. The van der Waals surface area contributed by atoms with Crippen LogP contribution in [0.15, 0.2) is 24.3 Å². The van der Waals surface area contributed by atoms with Crippen molar-refractivity contribution in [1.82, 2.24) is 0 Å². The maximum absolute atomic E-state index is 6.48. The first-order chi connectivity index (χ1) is 9.44. The van der Waals surface area contributed by atoms with Gasteiger partial charge in [0.2, 0.25) is 0 Å². The Morgan fingerprint density at radius 3 is 2.55 bits per heavy atom. The molecule has 0 saturated heterocycles. The van der Waals surface area contributed by atoms with Crippen LogP contribution in [0.5, 0.6) is 5.75 Å². The van der Waals surface area contributed by atoms with Crippen LogP contribution in [-0.4, -0.2) is 26.7 Å². The molecule has 2 atom stereocenters. The van der Waals surface area contributed by atoms with Gasteiger partial charge in [0.05, 0.1) is 7.11 Å². The largest absolute Gasteiger partial charge is 0.497 e. The van der Waals surface area contributed by atoms with E-state index in [0.717, 1.165) is 12.3 Å². The molecule has 0 bridgehead atoms. The second kappa shape index (κ2) is 6.04. The van der Waals surface area contributed by atoms with E-state index >= 15 is 0 Å². The van der Waals surface area contributed by atoms with Crippen molar-refractivity contribution in [1.29, 1.82) is 0 Å². The summed E-state index contributed by atoms with van der Waals surface area (Å²) in [7, 11) is 3.85. The molecule has 2 N–H and O–H groups in total. The first kappa shape index (κ1) is 15.2. The van der Waals surface area contributed by atoms with Gasteiger partial charge in [0.1, 0.15) is 5.75 Å². The van der Waals surface area contributed by atoms with Gasteiger partial charge in [-0.25, -0.2) is 0 Å². The molecular formula is C17H28N2O. The summed E-state index contributed by atoms with van der Waals surface area (Å²) in [5.74, 6) is 1.48. The lowest BCUT2D eigenvalue weighted by Crippen LogP contribution is -2.49. The minimum Gasteiger partial charge on any atom is -0.497 e. The molecule has 3 heteroatoms. The van der Waals surface area contributed by atoms with E-state index in [4.69, 9.17) is 10.5 Å². The predicted molar refractivity (Wildman–Crippen MR) is 85.4 cm³/mol. The van der Waals surface area contributed by atoms with Gasteiger partial charge in [-0.2, -0.15) is 0 Å². The number of nitrogens with two attached hydrogens (primary N) is 1. The summed E-state index contributed by atoms with van der Waals surface area (Å²) in [5.41, 5.74) is 7.97. The summed E-state index contributed by atoms with van der Waals surface area (Å²) < 4.78 is 5.20. The standard InChI is InChI=1S/C17H28N2O/c1-17(2)11-5-6-13(16(17)18)12-19(3)14-7-9-15(20-4)10-8-14/h7-10,13,16H,5-6,11-12,18H2,1-4H3. The Hall–Kier alpha value is -1.22. The van der Waals surface area contributed by atoms with Crippen molar-refractivity contribution < 1.29 is 4.74 Å². The molecule has 1 saturated carbocycles. The summed E-state index contributed by atoms with van der Waals surface area (Å²) >= 11 is 0. The molecule has 3 nitrogen and oxygen atoms in total. The fraction of sp³-hybridized carbons (Fsp3) is 0.647. The molecule has 0 aromatic heterocycles. The maximum Gasteiger partial charge on any atom is 0.119 e. The second-order valence-electron chi connectivity index (χ2n) is 6.75. The third-order valence-electron chi connectivity index (χ3n) is 4.83. The number of hydrogen-bond donors (Lipinski definition) is 1. The van der Waals surface area contributed by atoms with Crippen molar-refractivity contribution in [2.75, 3.05) is 25.6 Å². The fourth-order valence-electron chi connectivity index (χ4n) is 3.30. The highest BCUT2D eigenvalue weighted by atomic mass is 16.5. The lowest BCUT2D eigenvalue weighted by molar-refractivity contribution is 0.142. The van der Waals surface area contributed by atoms with Crippen LogP contribution in [0, 0.1) is 11.3 Å². The van der Waals surface area contributed by atoms with Crippen LogP contribution in [0.3, 0.4) is 0 Å². The van der Waals surface area contributed by atoms with E-state index in [0.29, 0.717) is 5.92 Å².